The van der Waals surface area contributed by atoms with Crippen LogP contribution in [0.25, 0.3) is 0 Å². The van der Waals surface area contributed by atoms with Gasteiger partial charge >= 0.3 is 0 Å². The lowest BCUT2D eigenvalue weighted by Crippen LogP contribution is -2.06. The van der Waals surface area contributed by atoms with E-state index in [0.29, 0.717) is 5.92 Å². The highest BCUT2D eigenvalue weighted by Gasteiger charge is 2.51. The normalized spacial score (nSPS) is 25.5. The molecule has 0 bridgehead atoms. The summed E-state index contributed by atoms with van der Waals surface area (Å²) < 4.78 is -0.525. The van der Waals surface area contributed by atoms with Gasteiger partial charge in [0.1, 0.15) is 4.33 Å². The standard InChI is InChI=1S/C5H8Cl2N2S.ClH/c6-5(7)1-3(5)2-10-4(8)9;/h3H,1-2H2,(H3,8,9);1H. The first kappa shape index (κ1) is 11.7. The molecule has 6 heteroatoms. The number of hydrogen-bond acceptors (Lipinski definition) is 2. The van der Waals surface area contributed by atoms with Crippen LogP contribution in [-0.4, -0.2) is 15.3 Å². The lowest BCUT2D eigenvalue weighted by molar-refractivity contribution is 0.983. The molecular weight excluding hydrogens is 226 g/mol. The van der Waals surface area contributed by atoms with Gasteiger partial charge in [-0.2, -0.15) is 0 Å². The molecule has 1 rings (SSSR count). The predicted octanol–water partition coefficient (Wildman–Crippen LogP) is 2.23. The molecule has 2 nitrogen and oxygen atoms in total. The lowest BCUT2D eigenvalue weighted by Gasteiger charge is -1.97. The molecule has 0 radical (unpaired) electrons. The second-order valence-corrected chi connectivity index (χ2v) is 4.94. The van der Waals surface area contributed by atoms with Crippen molar-refractivity contribution >= 4 is 52.5 Å². The predicted molar refractivity (Wildman–Crippen MR) is 54.2 cm³/mol. The van der Waals surface area contributed by atoms with Gasteiger partial charge < -0.3 is 5.73 Å². The Hall–Kier alpha value is 0.690. The second kappa shape index (κ2) is 4.08. The van der Waals surface area contributed by atoms with Crippen molar-refractivity contribution in [3.05, 3.63) is 0 Å². The van der Waals surface area contributed by atoms with Crippen LogP contribution >= 0.6 is 47.4 Å². The van der Waals surface area contributed by atoms with E-state index in [1.165, 1.54) is 11.8 Å². The molecule has 0 spiro atoms. The fourth-order valence-corrected chi connectivity index (χ4v) is 2.13. The summed E-state index contributed by atoms with van der Waals surface area (Å²) in [5, 5.41) is 7.03. The van der Waals surface area contributed by atoms with Crippen LogP contribution < -0.4 is 5.73 Å². The van der Waals surface area contributed by atoms with E-state index in [1.807, 2.05) is 0 Å². The van der Waals surface area contributed by atoms with Gasteiger partial charge in [0.25, 0.3) is 0 Å². The van der Waals surface area contributed by atoms with Crippen molar-refractivity contribution in [3.8, 4) is 0 Å². The molecule has 1 aliphatic carbocycles. The maximum atomic E-state index is 6.90. The van der Waals surface area contributed by atoms with Gasteiger partial charge in [0.2, 0.25) is 0 Å². The van der Waals surface area contributed by atoms with E-state index >= 15 is 0 Å². The van der Waals surface area contributed by atoms with Crippen molar-refractivity contribution < 1.29 is 0 Å². The van der Waals surface area contributed by atoms with Crippen LogP contribution in [0.3, 0.4) is 0 Å². The molecule has 1 aliphatic rings. The van der Waals surface area contributed by atoms with Crippen LogP contribution in [0.5, 0.6) is 0 Å². The molecule has 11 heavy (non-hydrogen) atoms. The number of nitrogens with one attached hydrogen (secondary N) is 1. The number of nitrogens with two attached hydrogens (primary N) is 1. The third-order valence-corrected chi connectivity index (χ3v) is 3.20. The minimum Gasteiger partial charge on any atom is -0.379 e. The number of amidine groups is 1. The molecule has 66 valence electrons. The van der Waals surface area contributed by atoms with Gasteiger partial charge in [-0.3, -0.25) is 5.41 Å². The third-order valence-electron chi connectivity index (χ3n) is 1.40. The monoisotopic (exact) mass is 234 g/mol. The lowest BCUT2D eigenvalue weighted by atomic mass is 10.5. The van der Waals surface area contributed by atoms with Crippen LogP contribution in [0.15, 0.2) is 0 Å². The Morgan fingerprint density at radius 2 is 2.18 bits per heavy atom. The van der Waals surface area contributed by atoms with E-state index in [2.05, 4.69) is 0 Å². The van der Waals surface area contributed by atoms with Crippen molar-refractivity contribution in [2.24, 2.45) is 11.7 Å². The van der Waals surface area contributed by atoms with Gasteiger partial charge in [-0.25, -0.2) is 0 Å². The van der Waals surface area contributed by atoms with E-state index < -0.39 is 4.33 Å². The Kier molecular flexibility index (Phi) is 4.33. The van der Waals surface area contributed by atoms with Gasteiger partial charge in [0.15, 0.2) is 5.17 Å². The van der Waals surface area contributed by atoms with E-state index in [9.17, 15) is 0 Å². The van der Waals surface area contributed by atoms with Crippen molar-refractivity contribution in [1.82, 2.24) is 0 Å². The van der Waals surface area contributed by atoms with Gasteiger partial charge in [-0.1, -0.05) is 11.8 Å². The summed E-state index contributed by atoms with van der Waals surface area (Å²) in [6.45, 7) is 0. The van der Waals surface area contributed by atoms with Crippen LogP contribution in [0, 0.1) is 11.3 Å². The Balaban J connectivity index is 0.000001000. The molecule has 0 aliphatic heterocycles. The minimum atomic E-state index is -0.525. The van der Waals surface area contributed by atoms with E-state index in [-0.39, 0.29) is 17.6 Å². The van der Waals surface area contributed by atoms with Gasteiger partial charge in [0.05, 0.1) is 0 Å². The highest BCUT2D eigenvalue weighted by molar-refractivity contribution is 8.13. The fourth-order valence-electron chi connectivity index (χ4n) is 0.641. The highest BCUT2D eigenvalue weighted by atomic mass is 35.5. The molecule has 1 fully saturated rings. The number of rotatable bonds is 2. The SMILES string of the molecule is Cl.N=C(N)SCC1CC1(Cl)Cl. The summed E-state index contributed by atoms with van der Waals surface area (Å²) in [5.41, 5.74) is 5.12. The molecule has 3 N–H and O–H groups in total. The number of halogens is 3. The molecule has 0 aromatic carbocycles. The molecule has 0 aromatic rings. The van der Waals surface area contributed by atoms with Gasteiger partial charge in [-0.05, 0) is 6.42 Å². The summed E-state index contributed by atoms with van der Waals surface area (Å²) in [4.78, 5) is 0. The molecule has 0 aromatic heterocycles. The zero-order valence-electron chi connectivity index (χ0n) is 5.64. The Bertz CT molecular complexity index is 162. The fraction of sp³-hybridized carbons (Fsp3) is 0.800. The molecule has 1 saturated carbocycles. The first-order chi connectivity index (χ1) is 4.52. The second-order valence-electron chi connectivity index (χ2n) is 2.34. The zero-order chi connectivity index (χ0) is 7.78. The molecular formula is C5H9Cl3N2S. The average Bonchev–Trinajstić information content (AvgIpc) is 2.35. The van der Waals surface area contributed by atoms with Gasteiger partial charge in [-0.15, -0.1) is 35.6 Å². The van der Waals surface area contributed by atoms with Crippen molar-refractivity contribution in [3.63, 3.8) is 0 Å². The van der Waals surface area contributed by atoms with Crippen LogP contribution in [0.1, 0.15) is 6.42 Å². The summed E-state index contributed by atoms with van der Waals surface area (Å²) in [6.07, 6.45) is 0.830. The van der Waals surface area contributed by atoms with E-state index in [0.717, 1.165) is 12.2 Å². The highest BCUT2D eigenvalue weighted by Crippen LogP contribution is 2.54. The molecule has 1 atom stereocenters. The number of alkyl halides is 2. The minimum absolute atomic E-state index is 0. The van der Waals surface area contributed by atoms with E-state index in [1.54, 1.807) is 0 Å². The average molecular weight is 236 g/mol. The Labute approximate surface area is 86.1 Å². The first-order valence-electron chi connectivity index (χ1n) is 2.87. The molecule has 0 saturated heterocycles. The Morgan fingerprint density at radius 1 is 1.73 bits per heavy atom. The van der Waals surface area contributed by atoms with Crippen LogP contribution in [0.4, 0.5) is 0 Å². The third kappa shape index (κ3) is 3.74. The summed E-state index contributed by atoms with van der Waals surface area (Å²) >= 11 is 12.8. The summed E-state index contributed by atoms with van der Waals surface area (Å²) in [6, 6.07) is 0. The zero-order valence-corrected chi connectivity index (χ0v) is 8.79. The molecule has 0 heterocycles. The van der Waals surface area contributed by atoms with E-state index in [4.69, 9.17) is 34.3 Å². The van der Waals surface area contributed by atoms with Crippen molar-refractivity contribution in [2.75, 3.05) is 5.75 Å². The summed E-state index contributed by atoms with van der Waals surface area (Å²) in [5.74, 6) is 1.09. The maximum Gasteiger partial charge on any atom is 0.151 e. The van der Waals surface area contributed by atoms with Crippen LogP contribution in [0.2, 0.25) is 0 Å². The van der Waals surface area contributed by atoms with Crippen LogP contribution in [-0.2, 0) is 0 Å². The largest absolute Gasteiger partial charge is 0.379 e. The van der Waals surface area contributed by atoms with Crippen molar-refractivity contribution in [1.29, 1.82) is 5.41 Å². The van der Waals surface area contributed by atoms with Crippen molar-refractivity contribution in [2.45, 2.75) is 10.8 Å². The molecule has 1 unspecified atom stereocenters. The quantitative estimate of drug-likeness (QED) is 0.438. The van der Waals surface area contributed by atoms with Gasteiger partial charge in [0, 0.05) is 11.7 Å². The number of thioether (sulfide) groups is 1. The molecule has 0 amide bonds. The smallest absolute Gasteiger partial charge is 0.151 e. The Morgan fingerprint density at radius 3 is 2.45 bits per heavy atom. The number of hydrogen-bond donors (Lipinski definition) is 2. The topological polar surface area (TPSA) is 49.9 Å². The summed E-state index contributed by atoms with van der Waals surface area (Å²) in [7, 11) is 0. The first-order valence-corrected chi connectivity index (χ1v) is 4.61. The maximum absolute atomic E-state index is 6.90.